The zero-order valence-electron chi connectivity index (χ0n) is 26.2. The van der Waals surface area contributed by atoms with Crippen molar-refractivity contribution in [1.82, 2.24) is 20.1 Å². The maximum absolute atomic E-state index is 13.3. The van der Waals surface area contributed by atoms with E-state index in [-0.39, 0.29) is 23.1 Å². The van der Waals surface area contributed by atoms with Gasteiger partial charge in [-0.05, 0) is 101 Å². The topological polar surface area (TPSA) is 191 Å². The van der Waals surface area contributed by atoms with Gasteiger partial charge in [0.2, 0.25) is 5.78 Å². The van der Waals surface area contributed by atoms with Gasteiger partial charge in [-0.3, -0.25) is 9.59 Å². The first-order chi connectivity index (χ1) is 21.8. The molecule has 0 saturated carbocycles. The smallest absolute Gasteiger partial charge is 0.405 e. The number of carbonyl (C=O) groups excluding carboxylic acids is 3. The summed E-state index contributed by atoms with van der Waals surface area (Å²) in [7, 11) is 0. The fourth-order valence-electron chi connectivity index (χ4n) is 4.52. The zero-order chi connectivity index (χ0) is 33.6. The number of benzene rings is 3. The van der Waals surface area contributed by atoms with Crippen molar-refractivity contribution in [2.24, 2.45) is 5.73 Å². The minimum absolute atomic E-state index is 0.170. The maximum atomic E-state index is 13.3. The van der Waals surface area contributed by atoms with Crippen LogP contribution in [0.5, 0.6) is 11.5 Å². The molecule has 2 aromatic heterocycles. The molecule has 5 rings (SSSR count). The Balaban J connectivity index is 0.000000533. The van der Waals surface area contributed by atoms with Crippen LogP contribution < -0.4 is 21.5 Å². The van der Waals surface area contributed by atoms with Crippen molar-refractivity contribution in [2.75, 3.05) is 12.3 Å². The average molecular weight is 622 g/mol. The van der Waals surface area contributed by atoms with Crippen molar-refractivity contribution in [3.63, 3.8) is 0 Å². The van der Waals surface area contributed by atoms with Crippen LogP contribution in [0, 0.1) is 18.3 Å². The largest absolute Gasteiger partial charge is 0.457 e. The number of amides is 2. The number of ether oxygens (including phenoxy) is 2. The number of hydrogen-bond donors (Lipinski definition) is 4. The molecule has 0 aliphatic carbocycles. The molecule has 0 radical (unpaired) electrons. The number of hydrogen-bond acceptors (Lipinski definition) is 8. The number of nitrogens with one attached hydrogen (secondary N) is 2. The molecule has 2 heterocycles. The molecule has 3 aromatic carbocycles. The third kappa shape index (κ3) is 7.89. The Hall–Kier alpha value is -6.09. The van der Waals surface area contributed by atoms with E-state index in [0.717, 1.165) is 16.5 Å². The van der Waals surface area contributed by atoms with Crippen molar-refractivity contribution in [1.29, 1.82) is 5.26 Å². The minimum atomic E-state index is -0.725. The normalized spacial score (nSPS) is 10.8. The van der Waals surface area contributed by atoms with E-state index in [1.165, 1.54) is 10.9 Å². The Labute approximate surface area is 265 Å². The molecule has 236 valence electrons. The van der Waals surface area contributed by atoms with E-state index >= 15 is 0 Å². The highest BCUT2D eigenvalue weighted by molar-refractivity contribution is 6.13. The Bertz CT molecular complexity index is 1960. The molecule has 0 aliphatic rings. The van der Waals surface area contributed by atoms with Crippen molar-refractivity contribution < 1.29 is 23.9 Å². The molecular weight excluding hydrogens is 586 g/mol. The lowest BCUT2D eigenvalue weighted by Crippen LogP contribution is -2.27. The summed E-state index contributed by atoms with van der Waals surface area (Å²) in [5.74, 6) is 0.874. The van der Waals surface area contributed by atoms with Gasteiger partial charge in [0.05, 0.1) is 34.8 Å². The summed E-state index contributed by atoms with van der Waals surface area (Å²) in [4.78, 5) is 38.6. The van der Waals surface area contributed by atoms with Crippen molar-refractivity contribution >= 4 is 34.5 Å². The van der Waals surface area contributed by atoms with E-state index in [2.05, 4.69) is 26.2 Å². The summed E-state index contributed by atoms with van der Waals surface area (Å²) < 4.78 is 12.0. The molecule has 0 fully saturated rings. The van der Waals surface area contributed by atoms with E-state index < -0.39 is 11.7 Å². The lowest BCUT2D eigenvalue weighted by Gasteiger charge is -2.16. The van der Waals surface area contributed by atoms with Gasteiger partial charge in [0, 0.05) is 23.0 Å². The summed E-state index contributed by atoms with van der Waals surface area (Å²) >= 11 is 0. The number of nitrogens with two attached hydrogens (primary N) is 2. The van der Waals surface area contributed by atoms with Crippen molar-refractivity contribution in [3.05, 3.63) is 101 Å². The van der Waals surface area contributed by atoms with Gasteiger partial charge in [0.25, 0.3) is 5.91 Å². The molecule has 6 N–H and O–H groups in total. The molecule has 0 unspecified atom stereocenters. The number of primary amides is 1. The highest BCUT2D eigenvalue weighted by Gasteiger charge is 2.21. The van der Waals surface area contributed by atoms with Crippen LogP contribution >= 0.6 is 0 Å². The van der Waals surface area contributed by atoms with E-state index in [1.807, 2.05) is 26.0 Å². The van der Waals surface area contributed by atoms with Crippen LogP contribution in [-0.4, -0.2) is 44.7 Å². The lowest BCUT2D eigenvalue weighted by atomic mass is 10.1. The monoisotopic (exact) mass is 621 g/mol. The highest BCUT2D eigenvalue weighted by Crippen LogP contribution is 2.29. The number of nitrogens with zero attached hydrogens (tertiary/aromatic N) is 3. The molecule has 0 atom stereocenters. The predicted octanol–water partition coefficient (Wildman–Crippen LogP) is 5.77. The van der Waals surface area contributed by atoms with Crippen LogP contribution in [0.4, 0.5) is 10.6 Å². The zero-order valence-corrected chi connectivity index (χ0v) is 26.2. The number of nitriles is 1. The first-order valence-electron chi connectivity index (χ1n) is 14.4. The van der Waals surface area contributed by atoms with E-state index in [9.17, 15) is 14.4 Å². The van der Waals surface area contributed by atoms with Gasteiger partial charge in [-0.25, -0.2) is 9.48 Å². The molecule has 0 aliphatic heterocycles. The molecule has 2 amide bonds. The fourth-order valence-corrected chi connectivity index (χ4v) is 4.52. The predicted molar refractivity (Wildman–Crippen MR) is 174 cm³/mol. The molecule has 5 aromatic rings. The average Bonchev–Trinajstić information content (AvgIpc) is 3.59. The fraction of sp³-hybridized carbons (Fsp3) is 0.206. The second-order valence-electron chi connectivity index (χ2n) is 11.3. The number of rotatable bonds is 7. The lowest BCUT2D eigenvalue weighted by molar-refractivity contribution is 0.0599. The molecular formula is C34H35N7O5. The molecule has 0 bridgehead atoms. The SMILES string of the molecule is CC(C)(C)OC(N)=O.CCNC(=O)c1ccc2[nH]c(C(=O)c3cnn(-c4ccc(Oc5cccc(C#N)c5)cc4C)c3N)cc2c1. The van der Waals surface area contributed by atoms with Crippen LogP contribution in [0.3, 0.4) is 0 Å². The molecule has 12 nitrogen and oxygen atoms in total. The maximum Gasteiger partial charge on any atom is 0.405 e. The van der Waals surface area contributed by atoms with E-state index in [1.54, 1.807) is 75.4 Å². The highest BCUT2D eigenvalue weighted by atomic mass is 16.6. The third-order valence-corrected chi connectivity index (χ3v) is 6.52. The number of fused-ring (bicyclic) bond motifs is 1. The summed E-state index contributed by atoms with van der Waals surface area (Å²) in [6.07, 6.45) is 0.720. The Morgan fingerprint density at radius 3 is 2.41 bits per heavy atom. The molecule has 0 spiro atoms. The second kappa shape index (κ2) is 13.7. The first-order valence-corrected chi connectivity index (χ1v) is 14.4. The van der Waals surface area contributed by atoms with Gasteiger partial charge in [-0.1, -0.05) is 6.07 Å². The van der Waals surface area contributed by atoms with Gasteiger partial charge in [-0.15, -0.1) is 0 Å². The summed E-state index contributed by atoms with van der Waals surface area (Å²) in [5, 5.41) is 17.0. The number of H-pyrrole nitrogens is 1. The van der Waals surface area contributed by atoms with Crippen molar-refractivity contribution in [2.45, 2.75) is 40.2 Å². The number of aromatic amines is 1. The van der Waals surface area contributed by atoms with Crippen molar-refractivity contribution in [3.8, 4) is 23.3 Å². The third-order valence-electron chi connectivity index (χ3n) is 6.52. The van der Waals surface area contributed by atoms with Gasteiger partial charge >= 0.3 is 6.09 Å². The first kappa shape index (κ1) is 32.8. The quantitative estimate of drug-likeness (QED) is 0.165. The molecule has 0 saturated heterocycles. The van der Waals surface area contributed by atoms with E-state index in [4.69, 9.17) is 21.5 Å². The van der Waals surface area contributed by atoms with Gasteiger partial charge < -0.3 is 31.2 Å². The van der Waals surface area contributed by atoms with E-state index in [0.29, 0.717) is 40.6 Å². The van der Waals surface area contributed by atoms with Crippen LogP contribution in [0.25, 0.3) is 16.6 Å². The van der Waals surface area contributed by atoms with Crippen LogP contribution in [-0.2, 0) is 4.74 Å². The second-order valence-corrected chi connectivity index (χ2v) is 11.3. The van der Waals surface area contributed by atoms with Gasteiger partial charge in [0.1, 0.15) is 22.9 Å². The summed E-state index contributed by atoms with van der Waals surface area (Å²) in [6.45, 7) is 9.56. The van der Waals surface area contributed by atoms with Crippen LogP contribution in [0.1, 0.15) is 65.2 Å². The number of aromatic nitrogens is 3. The summed E-state index contributed by atoms with van der Waals surface area (Å²) in [5.41, 5.74) is 14.5. The number of carbonyl (C=O) groups is 3. The number of ketones is 1. The Kier molecular flexibility index (Phi) is 9.77. The Morgan fingerprint density at radius 2 is 1.78 bits per heavy atom. The molecule has 46 heavy (non-hydrogen) atoms. The molecule has 12 heteroatoms. The number of anilines is 1. The van der Waals surface area contributed by atoms with Gasteiger partial charge in [0.15, 0.2) is 0 Å². The van der Waals surface area contributed by atoms with Gasteiger partial charge in [-0.2, -0.15) is 10.4 Å². The number of aryl methyl sites for hydroxylation is 1. The van der Waals surface area contributed by atoms with Crippen LogP contribution in [0.15, 0.2) is 72.9 Å². The minimum Gasteiger partial charge on any atom is -0.457 e. The number of nitrogen functional groups attached to an aromatic ring is 1. The standard InChI is InChI=1S/C29H24N6O3.C5H11NO2/c1-3-32-29(37)19-7-9-24-20(13-19)14-25(34-24)27(36)23-16-33-35(28(23)31)26-10-8-22(11-17(26)2)38-21-6-4-5-18(12-21)15-30;1-5(2,3)8-4(6)7/h4-14,16,34H,3,31H2,1-2H3,(H,32,37);1-3H3,(H2,6,7). The van der Waals surface area contributed by atoms with Crippen LogP contribution in [0.2, 0.25) is 0 Å². The summed E-state index contributed by atoms with van der Waals surface area (Å²) in [6, 6.07) is 21.3. The Morgan fingerprint density at radius 1 is 1.04 bits per heavy atom.